The maximum atomic E-state index is 10.8. The number of ether oxygens (including phenoxy) is 2. The van der Waals surface area contributed by atoms with E-state index in [1.807, 2.05) is 42.5 Å². The Labute approximate surface area is 234 Å². The topological polar surface area (TPSA) is 52.6 Å². The normalized spacial score (nSPS) is 8.85. The first-order valence-corrected chi connectivity index (χ1v) is 12.2. The van der Waals surface area contributed by atoms with Crippen molar-refractivity contribution < 1.29 is 19.1 Å². The Morgan fingerprint density at radius 1 is 0.692 bits per heavy atom. The molecule has 0 saturated heterocycles. The van der Waals surface area contributed by atoms with E-state index in [1.54, 1.807) is 0 Å². The van der Waals surface area contributed by atoms with Crippen molar-refractivity contribution in [3.8, 4) is 0 Å². The van der Waals surface area contributed by atoms with Crippen molar-refractivity contribution in [2.24, 2.45) is 0 Å². The third-order valence-electron chi connectivity index (χ3n) is 4.98. The Morgan fingerprint density at radius 2 is 1.28 bits per heavy atom. The Morgan fingerprint density at radius 3 is 1.69 bits per heavy atom. The predicted octanol–water partition coefficient (Wildman–Crippen LogP) is 8.71. The number of benzene rings is 3. The van der Waals surface area contributed by atoms with E-state index in [1.165, 1.54) is 47.4 Å². The molecule has 0 N–H and O–H groups in total. The summed E-state index contributed by atoms with van der Waals surface area (Å²) < 4.78 is 8.70. The van der Waals surface area contributed by atoms with Crippen molar-refractivity contribution in [1.29, 1.82) is 0 Å². The molecule has 204 valence electrons. The third kappa shape index (κ3) is 15.2. The summed E-state index contributed by atoms with van der Waals surface area (Å²) in [5.74, 6) is -1.81. The van der Waals surface area contributed by atoms with E-state index in [2.05, 4.69) is 112 Å². The first-order chi connectivity index (χ1) is 18.5. The molecule has 3 aromatic rings. The molecule has 0 atom stereocenters. The van der Waals surface area contributed by atoms with Crippen LogP contribution in [0.25, 0.3) is 18.2 Å². The highest BCUT2D eigenvalue weighted by Gasteiger charge is 2.13. The second kappa shape index (κ2) is 19.4. The quantitative estimate of drug-likeness (QED) is 0.184. The largest absolute Gasteiger partial charge is 0.463 e. The van der Waals surface area contributed by atoms with Crippen LogP contribution in [0.15, 0.2) is 117 Å². The fraction of sp³-hybridized carbons (Fsp3) is 0.143. The van der Waals surface area contributed by atoms with Gasteiger partial charge in [-0.25, -0.2) is 9.59 Å². The van der Waals surface area contributed by atoms with Crippen molar-refractivity contribution in [3.63, 3.8) is 0 Å². The van der Waals surface area contributed by atoms with Crippen LogP contribution in [-0.2, 0) is 19.1 Å². The number of carbonyl (C=O) groups excluding carboxylic acids is 2. The SMILES string of the molecule is C=C(C)C(=O)OC(=C)C(=O)OC.C=Cc1ccc(C)cc1.C=Cc1cccc(C)c1.C=Cc1ccccc1C. The Kier molecular flexibility index (Phi) is 17.1. The summed E-state index contributed by atoms with van der Waals surface area (Å²) in [6, 6.07) is 24.7. The number of esters is 2. The zero-order valence-electron chi connectivity index (χ0n) is 23.8. The molecule has 4 heteroatoms. The van der Waals surface area contributed by atoms with Crippen LogP contribution in [0.5, 0.6) is 0 Å². The van der Waals surface area contributed by atoms with Gasteiger partial charge in [0, 0.05) is 5.57 Å². The fourth-order valence-electron chi connectivity index (χ4n) is 2.67. The zero-order chi connectivity index (χ0) is 29.8. The smallest absolute Gasteiger partial charge is 0.373 e. The van der Waals surface area contributed by atoms with Gasteiger partial charge in [0.2, 0.25) is 5.76 Å². The molecule has 3 rings (SSSR count). The summed E-state index contributed by atoms with van der Waals surface area (Å²) in [6.45, 7) is 25.2. The van der Waals surface area contributed by atoms with E-state index in [4.69, 9.17) is 0 Å². The molecule has 4 nitrogen and oxygen atoms in total. The monoisotopic (exact) mass is 524 g/mol. The van der Waals surface area contributed by atoms with Gasteiger partial charge in [0.1, 0.15) is 0 Å². The van der Waals surface area contributed by atoms with Crippen molar-refractivity contribution in [3.05, 3.63) is 150 Å². The van der Waals surface area contributed by atoms with Crippen LogP contribution in [0.1, 0.15) is 40.3 Å². The number of rotatable bonds is 6. The van der Waals surface area contributed by atoms with Crippen LogP contribution in [0.4, 0.5) is 0 Å². The van der Waals surface area contributed by atoms with Crippen LogP contribution in [0.2, 0.25) is 0 Å². The standard InChI is InChI=1S/3C9H10.C8H10O4/c1-3-9-6-4-8(2)5-7-9;1-3-9-6-4-5-8(2)7-9;1-3-9-7-5-4-6-8(9)2;1-5(2)7(9)12-6(3)8(10)11-4/h3*3-7H,1H2,2H3;1,3H2,2,4H3. The van der Waals surface area contributed by atoms with Crippen LogP contribution in [0, 0.1) is 20.8 Å². The Hall–Kier alpha value is -4.70. The summed E-state index contributed by atoms with van der Waals surface area (Å²) in [6.07, 6.45) is 5.57. The van der Waals surface area contributed by atoms with Crippen molar-refractivity contribution in [2.45, 2.75) is 27.7 Å². The molecule has 0 radical (unpaired) electrons. The van der Waals surface area contributed by atoms with E-state index in [0.717, 1.165) is 0 Å². The van der Waals surface area contributed by atoms with Gasteiger partial charge in [0.05, 0.1) is 7.11 Å². The van der Waals surface area contributed by atoms with Crippen molar-refractivity contribution in [1.82, 2.24) is 0 Å². The molecule has 0 aliphatic rings. The number of hydrogen-bond acceptors (Lipinski definition) is 4. The molecule has 0 aliphatic heterocycles. The Bertz CT molecular complexity index is 1260. The van der Waals surface area contributed by atoms with Crippen LogP contribution in [-0.4, -0.2) is 19.0 Å². The maximum absolute atomic E-state index is 10.8. The summed E-state index contributed by atoms with van der Waals surface area (Å²) in [5, 5.41) is 0. The first kappa shape index (κ1) is 34.3. The fourth-order valence-corrected chi connectivity index (χ4v) is 2.67. The van der Waals surface area contributed by atoms with Crippen molar-refractivity contribution in [2.75, 3.05) is 7.11 Å². The average Bonchev–Trinajstić information content (AvgIpc) is 2.94. The number of carbonyl (C=O) groups is 2. The minimum Gasteiger partial charge on any atom is -0.463 e. The average molecular weight is 525 g/mol. The molecule has 0 heterocycles. The summed E-state index contributed by atoms with van der Waals surface area (Å²) in [5.41, 5.74) is 7.65. The Balaban J connectivity index is 0.000000497. The second-order valence-corrected chi connectivity index (χ2v) is 8.38. The summed E-state index contributed by atoms with van der Waals surface area (Å²) >= 11 is 0. The molecule has 0 amide bonds. The van der Waals surface area contributed by atoms with Gasteiger partial charge in [0.25, 0.3) is 0 Å². The molecule has 0 aliphatic carbocycles. The first-order valence-electron chi connectivity index (χ1n) is 12.2. The molecule has 3 aromatic carbocycles. The highest BCUT2D eigenvalue weighted by atomic mass is 16.6. The van der Waals surface area contributed by atoms with Gasteiger partial charge in [-0.05, 0) is 56.5 Å². The van der Waals surface area contributed by atoms with Crippen LogP contribution >= 0.6 is 0 Å². The van der Waals surface area contributed by atoms with Crippen molar-refractivity contribution >= 4 is 30.2 Å². The second-order valence-electron chi connectivity index (χ2n) is 8.38. The van der Waals surface area contributed by atoms with Crippen LogP contribution in [0.3, 0.4) is 0 Å². The van der Waals surface area contributed by atoms with Gasteiger partial charge in [0.15, 0.2) is 0 Å². The molecule has 39 heavy (non-hydrogen) atoms. The number of aryl methyl sites for hydroxylation is 3. The predicted molar refractivity (Wildman–Crippen MR) is 166 cm³/mol. The molecule has 0 saturated carbocycles. The lowest BCUT2D eigenvalue weighted by Crippen LogP contribution is -2.12. The molecular formula is C35H40O4. The zero-order valence-corrected chi connectivity index (χ0v) is 23.8. The molecular weight excluding hydrogens is 484 g/mol. The molecule has 0 unspecified atom stereocenters. The summed E-state index contributed by atoms with van der Waals surface area (Å²) in [4.78, 5) is 21.4. The number of hydrogen-bond donors (Lipinski definition) is 0. The van der Waals surface area contributed by atoms with Crippen LogP contribution < -0.4 is 0 Å². The molecule has 0 spiro atoms. The lowest BCUT2D eigenvalue weighted by molar-refractivity contribution is -0.147. The molecule has 0 bridgehead atoms. The van der Waals surface area contributed by atoms with Gasteiger partial charge >= 0.3 is 11.9 Å². The van der Waals surface area contributed by atoms with Gasteiger partial charge in [-0.2, -0.15) is 0 Å². The van der Waals surface area contributed by atoms with E-state index < -0.39 is 11.9 Å². The van der Waals surface area contributed by atoms with Gasteiger partial charge in [-0.3, -0.25) is 0 Å². The minimum atomic E-state index is -0.774. The van der Waals surface area contributed by atoms with E-state index in [-0.39, 0.29) is 11.3 Å². The van der Waals surface area contributed by atoms with E-state index in [9.17, 15) is 9.59 Å². The highest BCUT2D eigenvalue weighted by Crippen LogP contribution is 2.07. The maximum Gasteiger partial charge on any atom is 0.373 e. The third-order valence-corrected chi connectivity index (χ3v) is 4.98. The minimum absolute atomic E-state index is 0.194. The van der Waals surface area contributed by atoms with Gasteiger partial charge in [-0.1, -0.05) is 128 Å². The highest BCUT2D eigenvalue weighted by molar-refractivity contribution is 5.93. The molecule has 0 fully saturated rings. The lowest BCUT2D eigenvalue weighted by Gasteiger charge is -2.03. The summed E-state index contributed by atoms with van der Waals surface area (Å²) in [7, 11) is 1.17. The number of methoxy groups -OCH3 is 1. The molecule has 0 aromatic heterocycles. The van der Waals surface area contributed by atoms with Gasteiger partial charge in [-0.15, -0.1) is 0 Å². The van der Waals surface area contributed by atoms with Gasteiger partial charge < -0.3 is 9.47 Å². The van der Waals surface area contributed by atoms with E-state index >= 15 is 0 Å². The lowest BCUT2D eigenvalue weighted by atomic mass is 10.1. The van der Waals surface area contributed by atoms with E-state index in [0.29, 0.717) is 0 Å².